The molecule has 7 heteroatoms. The molecule has 1 aromatic carbocycles. The van der Waals surface area contributed by atoms with Crippen LogP contribution in [0, 0.1) is 5.82 Å². The van der Waals surface area contributed by atoms with Gasteiger partial charge in [-0.1, -0.05) is 0 Å². The van der Waals surface area contributed by atoms with Crippen LogP contribution in [0.5, 0.6) is 0 Å². The van der Waals surface area contributed by atoms with E-state index in [9.17, 15) is 19.1 Å². The lowest BCUT2D eigenvalue weighted by Gasteiger charge is -2.19. The Morgan fingerprint density at radius 2 is 2.06 bits per heavy atom. The van der Waals surface area contributed by atoms with Crippen LogP contribution >= 0.6 is 15.9 Å². The van der Waals surface area contributed by atoms with Gasteiger partial charge in [-0.25, -0.2) is 4.39 Å². The Hall–Kier alpha value is -1.31. The van der Waals surface area contributed by atoms with Gasteiger partial charge >= 0.3 is 0 Å². The molecule has 0 spiro atoms. The molecule has 1 atom stereocenters. The average molecular weight is 318 g/mol. The maximum absolute atomic E-state index is 13.4. The molecule has 0 aliphatic carbocycles. The van der Waals surface area contributed by atoms with Crippen LogP contribution in [-0.4, -0.2) is 41.2 Å². The molecule has 1 aliphatic rings. The summed E-state index contributed by atoms with van der Waals surface area (Å²) in [6.07, 6.45) is -1.18. The molecule has 1 heterocycles. The van der Waals surface area contributed by atoms with E-state index >= 15 is 0 Å². The highest BCUT2D eigenvalue weighted by atomic mass is 79.9. The summed E-state index contributed by atoms with van der Waals surface area (Å²) < 4.78 is 13.5. The molecular formula is C11H9BrFNO4. The van der Waals surface area contributed by atoms with Gasteiger partial charge in [0, 0.05) is 0 Å². The molecule has 96 valence electrons. The number of nitrogens with zero attached hydrogens (tertiary/aromatic N) is 1. The van der Waals surface area contributed by atoms with Crippen molar-refractivity contribution in [3.05, 3.63) is 28.0 Å². The van der Waals surface area contributed by atoms with Crippen molar-refractivity contribution in [1.29, 1.82) is 0 Å². The number of fused-ring (bicyclic) bond motifs is 1. The minimum Gasteiger partial charge on any atom is -0.394 e. The Bertz CT molecular complexity index is 534. The fraction of sp³-hybridized carbons (Fsp3) is 0.273. The number of rotatable bonds is 3. The highest BCUT2D eigenvalue weighted by Crippen LogP contribution is 2.33. The second kappa shape index (κ2) is 4.75. The van der Waals surface area contributed by atoms with Gasteiger partial charge in [0.05, 0.1) is 35.0 Å². The summed E-state index contributed by atoms with van der Waals surface area (Å²) in [5.74, 6) is -2.20. The van der Waals surface area contributed by atoms with Gasteiger partial charge in [0.25, 0.3) is 11.7 Å². The van der Waals surface area contributed by atoms with Gasteiger partial charge < -0.3 is 15.1 Å². The quantitative estimate of drug-likeness (QED) is 0.794. The predicted molar refractivity (Wildman–Crippen MR) is 63.9 cm³/mol. The number of β-amino-alcohol motifs (C(OH)–C–C–N with tert-alkyl or cyclic N) is 1. The molecular weight excluding hydrogens is 309 g/mol. The number of hydrogen-bond donors (Lipinski definition) is 2. The number of ketones is 1. The fourth-order valence-corrected chi connectivity index (χ4v) is 2.08. The highest BCUT2D eigenvalue weighted by Gasteiger charge is 2.37. The largest absolute Gasteiger partial charge is 0.394 e. The van der Waals surface area contributed by atoms with E-state index in [1.165, 1.54) is 6.07 Å². The van der Waals surface area contributed by atoms with Gasteiger partial charge in [0.1, 0.15) is 5.82 Å². The van der Waals surface area contributed by atoms with Crippen molar-refractivity contribution >= 4 is 33.3 Å². The van der Waals surface area contributed by atoms with E-state index in [0.717, 1.165) is 11.0 Å². The number of aliphatic hydroxyl groups excluding tert-OH is 2. The predicted octanol–water partition coefficient (Wildman–Crippen LogP) is 0.471. The topological polar surface area (TPSA) is 77.8 Å². The first-order chi connectivity index (χ1) is 8.45. The van der Waals surface area contributed by atoms with Crippen LogP contribution in [-0.2, 0) is 4.79 Å². The van der Waals surface area contributed by atoms with E-state index in [1.54, 1.807) is 0 Å². The van der Waals surface area contributed by atoms with Gasteiger partial charge in [-0.2, -0.15) is 0 Å². The Labute approximate surface area is 110 Å². The van der Waals surface area contributed by atoms with Crippen LogP contribution < -0.4 is 4.90 Å². The molecule has 1 aliphatic heterocycles. The number of amides is 1. The molecule has 18 heavy (non-hydrogen) atoms. The molecule has 2 N–H and O–H groups in total. The lowest BCUT2D eigenvalue weighted by molar-refractivity contribution is -0.114. The average Bonchev–Trinajstić information content (AvgIpc) is 2.56. The van der Waals surface area contributed by atoms with Gasteiger partial charge in [0.2, 0.25) is 0 Å². The van der Waals surface area contributed by atoms with Gasteiger partial charge in [-0.3, -0.25) is 9.59 Å². The number of halogens is 2. The summed E-state index contributed by atoms with van der Waals surface area (Å²) in [5, 5.41) is 18.1. The zero-order chi connectivity index (χ0) is 13.4. The SMILES string of the molecule is O=C1C(=O)N(CC(O)CO)c2cc(F)c(Br)cc21. The number of carbonyl (C=O) groups excluding carboxylic acids is 2. The molecule has 0 aromatic heterocycles. The molecule has 0 bridgehead atoms. The van der Waals surface area contributed by atoms with Crippen molar-refractivity contribution in [2.45, 2.75) is 6.10 Å². The fourth-order valence-electron chi connectivity index (χ4n) is 1.74. The zero-order valence-electron chi connectivity index (χ0n) is 9.06. The second-order valence-corrected chi connectivity index (χ2v) is 4.72. The monoisotopic (exact) mass is 317 g/mol. The van der Waals surface area contributed by atoms with Crippen LogP contribution in [0.2, 0.25) is 0 Å². The van der Waals surface area contributed by atoms with E-state index in [1.807, 2.05) is 0 Å². The standard InChI is InChI=1S/C11H9BrFNO4/c12-7-1-6-9(2-8(7)13)14(3-5(16)4-15)11(18)10(6)17/h1-2,5,15-16H,3-4H2. The number of anilines is 1. The highest BCUT2D eigenvalue weighted by molar-refractivity contribution is 9.10. The van der Waals surface area contributed by atoms with Crippen LogP contribution in [0.4, 0.5) is 10.1 Å². The molecule has 1 amide bonds. The van der Waals surface area contributed by atoms with Crippen molar-refractivity contribution in [3.63, 3.8) is 0 Å². The van der Waals surface area contributed by atoms with E-state index in [4.69, 9.17) is 5.11 Å². The van der Waals surface area contributed by atoms with Crippen LogP contribution in [0.25, 0.3) is 0 Å². The van der Waals surface area contributed by atoms with Crippen molar-refractivity contribution in [3.8, 4) is 0 Å². The Morgan fingerprint density at radius 3 is 2.67 bits per heavy atom. The van der Waals surface area contributed by atoms with E-state index in [2.05, 4.69) is 15.9 Å². The number of aliphatic hydroxyl groups is 2. The van der Waals surface area contributed by atoms with Crippen LogP contribution in [0.3, 0.4) is 0 Å². The van der Waals surface area contributed by atoms with Crippen LogP contribution in [0.1, 0.15) is 10.4 Å². The zero-order valence-corrected chi connectivity index (χ0v) is 10.6. The first-order valence-electron chi connectivity index (χ1n) is 5.10. The Kier molecular flexibility index (Phi) is 3.47. The summed E-state index contributed by atoms with van der Waals surface area (Å²) in [4.78, 5) is 24.3. The van der Waals surface area contributed by atoms with Gasteiger partial charge in [-0.05, 0) is 28.1 Å². The third-order valence-corrected chi connectivity index (χ3v) is 3.23. The Balaban J connectivity index is 2.45. The summed E-state index contributed by atoms with van der Waals surface area (Å²) >= 11 is 2.93. The molecule has 2 rings (SSSR count). The molecule has 0 saturated carbocycles. The first-order valence-corrected chi connectivity index (χ1v) is 5.89. The van der Waals surface area contributed by atoms with E-state index < -0.39 is 30.2 Å². The van der Waals surface area contributed by atoms with Crippen molar-refractivity contribution < 1.29 is 24.2 Å². The molecule has 1 aromatic rings. The van der Waals surface area contributed by atoms with Crippen molar-refractivity contribution in [1.82, 2.24) is 0 Å². The number of benzene rings is 1. The summed E-state index contributed by atoms with van der Waals surface area (Å²) in [6.45, 7) is -0.804. The third kappa shape index (κ3) is 2.05. The summed E-state index contributed by atoms with van der Waals surface area (Å²) in [5.41, 5.74) is 0.191. The maximum Gasteiger partial charge on any atom is 0.299 e. The van der Waals surface area contributed by atoms with Crippen molar-refractivity contribution in [2.75, 3.05) is 18.1 Å². The van der Waals surface area contributed by atoms with E-state index in [-0.39, 0.29) is 22.3 Å². The number of hydrogen-bond acceptors (Lipinski definition) is 4. The van der Waals surface area contributed by atoms with E-state index in [0.29, 0.717) is 0 Å². The molecule has 0 fully saturated rings. The van der Waals surface area contributed by atoms with Crippen LogP contribution in [0.15, 0.2) is 16.6 Å². The van der Waals surface area contributed by atoms with Gasteiger partial charge in [-0.15, -0.1) is 0 Å². The Morgan fingerprint density at radius 1 is 1.39 bits per heavy atom. The normalized spacial score (nSPS) is 16.1. The third-order valence-electron chi connectivity index (χ3n) is 2.62. The minimum atomic E-state index is -1.18. The maximum atomic E-state index is 13.4. The summed E-state index contributed by atoms with van der Waals surface area (Å²) in [7, 11) is 0. The smallest absolute Gasteiger partial charge is 0.299 e. The second-order valence-electron chi connectivity index (χ2n) is 3.86. The summed E-state index contributed by atoms with van der Waals surface area (Å²) in [6, 6.07) is 2.28. The lowest BCUT2D eigenvalue weighted by Crippen LogP contribution is -2.38. The molecule has 0 saturated heterocycles. The van der Waals surface area contributed by atoms with Crippen molar-refractivity contribution in [2.24, 2.45) is 0 Å². The molecule has 5 nitrogen and oxygen atoms in total. The molecule has 0 radical (unpaired) electrons. The first kappa shape index (κ1) is 13.1. The lowest BCUT2D eigenvalue weighted by atomic mass is 10.1. The number of Topliss-reactive ketones (excluding diaryl/α,β-unsaturated/α-hetero) is 1. The van der Waals surface area contributed by atoms with Gasteiger partial charge in [0.15, 0.2) is 0 Å². The molecule has 1 unspecified atom stereocenters. The number of carbonyl (C=O) groups is 2. The minimum absolute atomic E-state index is 0.0819.